The van der Waals surface area contributed by atoms with Crippen LogP contribution < -0.4 is 0 Å². The molecule has 0 atom stereocenters. The van der Waals surface area contributed by atoms with Gasteiger partial charge < -0.3 is 15.3 Å². The van der Waals surface area contributed by atoms with Crippen LogP contribution in [0.15, 0.2) is 60.3 Å². The maximum Gasteiger partial charge on any atom is 0.0647 e. The second kappa shape index (κ2) is 5.18. The molecule has 3 aliphatic rings. The van der Waals surface area contributed by atoms with Crippen LogP contribution in [0.2, 0.25) is 0 Å². The number of fused-ring (bicyclic) bond motifs is 2. The van der Waals surface area contributed by atoms with Crippen molar-refractivity contribution in [1.82, 2.24) is 9.80 Å². The largest absolute Gasteiger partial charge is 0.412 e. The van der Waals surface area contributed by atoms with Gasteiger partial charge >= 0.3 is 0 Å². The van der Waals surface area contributed by atoms with E-state index in [0.29, 0.717) is 0 Å². The average Bonchev–Trinajstić information content (AvgIpc) is 2.29. The third-order valence-corrected chi connectivity index (χ3v) is 2.73. The molecule has 0 amide bonds. The first kappa shape index (κ1) is 12.8. The van der Waals surface area contributed by atoms with Gasteiger partial charge in [-0.3, -0.25) is 0 Å². The number of rotatable bonds is 0. The van der Waals surface area contributed by atoms with Crippen LogP contribution >= 0.6 is 17.0 Å². The summed E-state index contributed by atoms with van der Waals surface area (Å²) in [5.74, 6) is 0. The summed E-state index contributed by atoms with van der Waals surface area (Å²) in [7, 11) is 0. The number of nitrogens with zero attached hydrogens (tertiary/aromatic N) is 2. The van der Waals surface area contributed by atoms with Crippen LogP contribution in [0, 0.1) is 0 Å². The molecule has 0 spiro atoms. The van der Waals surface area contributed by atoms with Crippen LogP contribution in [0.4, 0.5) is 0 Å². The van der Waals surface area contributed by atoms with Crippen molar-refractivity contribution in [1.29, 1.82) is 0 Å². The van der Waals surface area contributed by atoms with Gasteiger partial charge in [-0.15, -0.1) is 17.0 Å². The zero-order valence-electron chi connectivity index (χ0n) is 8.84. The Morgan fingerprint density at radius 2 is 1.19 bits per heavy atom. The molecule has 3 heterocycles. The smallest absolute Gasteiger partial charge is 0.0647 e. The summed E-state index contributed by atoms with van der Waals surface area (Å²) in [5.41, 5.74) is 2.61. The molecule has 3 aliphatic heterocycles. The Hall–Kier alpha value is -1.26. The molecule has 0 aromatic carbocycles. The zero-order chi connectivity index (χ0) is 9.38. The number of hydrogen-bond acceptors (Lipinski definition) is 2. The van der Waals surface area contributed by atoms with Crippen molar-refractivity contribution in [3.63, 3.8) is 0 Å². The first-order valence-electron chi connectivity index (χ1n) is 4.92. The first-order chi connectivity index (χ1) is 6.95. The Kier molecular flexibility index (Phi) is 4.15. The van der Waals surface area contributed by atoms with Gasteiger partial charge in [0, 0.05) is 25.5 Å². The van der Waals surface area contributed by atoms with E-state index in [-0.39, 0.29) is 22.5 Å². The van der Waals surface area contributed by atoms with E-state index >= 15 is 0 Å². The fourth-order valence-corrected chi connectivity index (χ4v) is 2.02. The van der Waals surface area contributed by atoms with Crippen molar-refractivity contribution in [3.05, 3.63) is 60.3 Å². The van der Waals surface area contributed by atoms with Crippen molar-refractivity contribution >= 4 is 17.0 Å². The Labute approximate surface area is 106 Å². The summed E-state index contributed by atoms with van der Waals surface area (Å²) in [6.45, 7) is 2.13. The second-order valence-electron chi connectivity index (χ2n) is 3.56. The van der Waals surface area contributed by atoms with Crippen molar-refractivity contribution in [2.45, 2.75) is 0 Å². The predicted octanol–water partition coefficient (Wildman–Crippen LogP) is 1.74. The van der Waals surface area contributed by atoms with Gasteiger partial charge in [-0.2, -0.15) is 0 Å². The quantitative estimate of drug-likeness (QED) is 0.679. The van der Waals surface area contributed by atoms with Gasteiger partial charge in [0.2, 0.25) is 0 Å². The monoisotopic (exact) mass is 282 g/mol. The van der Waals surface area contributed by atoms with Crippen LogP contribution in [-0.4, -0.2) is 28.4 Å². The van der Waals surface area contributed by atoms with Crippen molar-refractivity contribution in [2.75, 3.05) is 13.1 Å². The lowest BCUT2D eigenvalue weighted by Gasteiger charge is -2.37. The highest BCUT2D eigenvalue weighted by molar-refractivity contribution is 8.93. The van der Waals surface area contributed by atoms with Gasteiger partial charge in [0.25, 0.3) is 0 Å². The molecule has 0 aromatic rings. The van der Waals surface area contributed by atoms with E-state index in [1.54, 1.807) is 0 Å². The molecule has 16 heavy (non-hydrogen) atoms. The normalized spacial score (nSPS) is 20.0. The second-order valence-corrected chi connectivity index (χ2v) is 3.56. The molecule has 86 valence electrons. The summed E-state index contributed by atoms with van der Waals surface area (Å²) in [4.78, 5) is 4.60. The van der Waals surface area contributed by atoms with Crippen molar-refractivity contribution in [3.8, 4) is 0 Å². The zero-order valence-corrected chi connectivity index (χ0v) is 10.5. The molecule has 0 aromatic heterocycles. The highest BCUT2D eigenvalue weighted by Crippen LogP contribution is 2.26. The van der Waals surface area contributed by atoms with Gasteiger partial charge in [0.1, 0.15) is 0 Å². The fraction of sp³-hybridized carbons (Fsp3) is 0.167. The van der Waals surface area contributed by atoms with E-state index in [0.717, 1.165) is 13.1 Å². The summed E-state index contributed by atoms with van der Waals surface area (Å²) in [6, 6.07) is 0. The lowest BCUT2D eigenvalue weighted by Crippen LogP contribution is -2.37. The highest BCUT2D eigenvalue weighted by atomic mass is 79.9. The number of hydrogen-bond donors (Lipinski definition) is 0. The summed E-state index contributed by atoms with van der Waals surface area (Å²) >= 11 is 0. The molecule has 0 bridgehead atoms. The lowest BCUT2D eigenvalue weighted by atomic mass is 10.1. The standard InChI is InChI=1S/C12H12N2.BrH.H2O/c1-3-7-13-9-10-14-8-4-2-6-12(14)11(13)5-1;;/h1-8H,9-10H2;1H;1H2. The van der Waals surface area contributed by atoms with E-state index in [9.17, 15) is 0 Å². The maximum atomic E-state index is 2.30. The van der Waals surface area contributed by atoms with Crippen LogP contribution in [-0.2, 0) is 0 Å². The van der Waals surface area contributed by atoms with Crippen LogP contribution in [0.1, 0.15) is 0 Å². The Balaban J connectivity index is 0.000000640. The minimum atomic E-state index is 0. The lowest BCUT2D eigenvalue weighted by molar-refractivity contribution is 0.332. The third-order valence-electron chi connectivity index (χ3n) is 2.73. The van der Waals surface area contributed by atoms with Gasteiger partial charge in [-0.25, -0.2) is 0 Å². The van der Waals surface area contributed by atoms with Gasteiger partial charge in [0.15, 0.2) is 0 Å². The van der Waals surface area contributed by atoms with Crippen LogP contribution in [0.3, 0.4) is 0 Å². The molecule has 0 saturated heterocycles. The summed E-state index contributed by atoms with van der Waals surface area (Å²) in [5, 5.41) is 0. The maximum absolute atomic E-state index is 2.30. The van der Waals surface area contributed by atoms with E-state index in [1.165, 1.54) is 11.4 Å². The van der Waals surface area contributed by atoms with Crippen molar-refractivity contribution in [2.24, 2.45) is 0 Å². The highest BCUT2D eigenvalue weighted by Gasteiger charge is 2.21. The van der Waals surface area contributed by atoms with Crippen LogP contribution in [0.5, 0.6) is 0 Å². The van der Waals surface area contributed by atoms with E-state index in [4.69, 9.17) is 0 Å². The van der Waals surface area contributed by atoms with Gasteiger partial charge in [0.05, 0.1) is 11.4 Å². The minimum absolute atomic E-state index is 0. The molecule has 3 rings (SSSR count). The SMILES string of the molecule is Br.C1=CC2=C3C=CC=CN3CCN2C=C1.O. The number of halogens is 1. The van der Waals surface area contributed by atoms with Crippen molar-refractivity contribution < 1.29 is 5.48 Å². The molecule has 0 unspecified atom stereocenters. The Morgan fingerprint density at radius 3 is 1.62 bits per heavy atom. The third kappa shape index (κ3) is 1.99. The topological polar surface area (TPSA) is 38.0 Å². The fourth-order valence-electron chi connectivity index (χ4n) is 2.02. The average molecular weight is 283 g/mol. The van der Waals surface area contributed by atoms with Gasteiger partial charge in [-0.05, 0) is 24.3 Å². The Morgan fingerprint density at radius 1 is 0.750 bits per heavy atom. The molecule has 0 fully saturated rings. The molecular formula is C12H15BrN2O. The molecule has 3 nitrogen and oxygen atoms in total. The van der Waals surface area contributed by atoms with E-state index in [1.807, 2.05) is 0 Å². The van der Waals surface area contributed by atoms with E-state index in [2.05, 4.69) is 58.7 Å². The molecule has 2 N–H and O–H groups in total. The van der Waals surface area contributed by atoms with E-state index < -0.39 is 0 Å². The minimum Gasteiger partial charge on any atom is -0.412 e. The molecule has 0 aliphatic carbocycles. The first-order valence-corrected chi connectivity index (χ1v) is 4.92. The Bertz CT molecular complexity index is 369. The van der Waals surface area contributed by atoms with Gasteiger partial charge in [-0.1, -0.05) is 12.2 Å². The summed E-state index contributed by atoms with van der Waals surface area (Å²) < 4.78 is 0. The molecule has 4 heteroatoms. The molecule has 0 radical (unpaired) electrons. The van der Waals surface area contributed by atoms with Crippen LogP contribution in [0.25, 0.3) is 0 Å². The number of allylic oxidation sites excluding steroid dienone is 6. The molecule has 0 saturated carbocycles. The molecular weight excluding hydrogens is 268 g/mol. The summed E-state index contributed by atoms with van der Waals surface area (Å²) in [6.07, 6.45) is 17.0. The predicted molar refractivity (Wildman–Crippen MR) is 70.9 cm³/mol.